The van der Waals surface area contributed by atoms with Gasteiger partial charge in [-0.2, -0.15) is 5.10 Å². The Balaban J connectivity index is 1.10. The van der Waals surface area contributed by atoms with Gasteiger partial charge < -0.3 is 35.3 Å². The van der Waals surface area contributed by atoms with E-state index in [1.54, 1.807) is 65.7 Å². The number of anilines is 2. The van der Waals surface area contributed by atoms with E-state index in [1.807, 2.05) is 25.5 Å². The number of hydrogen-bond donors (Lipinski definition) is 4. The number of halogens is 2. The first-order valence-electron chi connectivity index (χ1n) is 21.1. The molecule has 2 aliphatic rings. The highest BCUT2D eigenvalue weighted by atomic mass is 35.5. The van der Waals surface area contributed by atoms with Crippen LogP contribution in [-0.4, -0.2) is 83.1 Å². The number of amides is 4. The van der Waals surface area contributed by atoms with Crippen molar-refractivity contribution in [3.8, 4) is 11.1 Å². The topological polar surface area (TPSA) is 169 Å². The molecule has 17 heteroatoms. The normalized spacial score (nSPS) is 16.6. The van der Waals surface area contributed by atoms with Crippen molar-refractivity contribution in [3.05, 3.63) is 93.5 Å². The zero-order valence-corrected chi connectivity index (χ0v) is 39.3. The second-order valence-electron chi connectivity index (χ2n) is 18.4. The average Bonchev–Trinajstić information content (AvgIpc) is 3.84. The molecule has 0 spiro atoms. The number of pyridine rings is 1. The highest BCUT2D eigenvalue weighted by molar-refractivity contribution is 6.74. The summed E-state index contributed by atoms with van der Waals surface area (Å²) in [6.07, 6.45) is 4.25. The molecule has 1 fully saturated rings. The second-order valence-corrected chi connectivity index (χ2v) is 24.0. The molecule has 332 valence electrons. The Morgan fingerprint density at radius 3 is 2.13 bits per heavy atom. The van der Waals surface area contributed by atoms with Crippen molar-refractivity contribution >= 4 is 66.7 Å². The summed E-state index contributed by atoms with van der Waals surface area (Å²) in [6.45, 7) is 18.6. The van der Waals surface area contributed by atoms with Crippen LogP contribution in [0.15, 0.2) is 60.8 Å². The summed E-state index contributed by atoms with van der Waals surface area (Å²) in [5.74, 6) is -0.821. The number of carbonyl (C=O) groups is 4. The number of ether oxygens (including phenoxy) is 1. The van der Waals surface area contributed by atoms with Gasteiger partial charge in [-0.05, 0) is 88.0 Å². The number of fused-ring (bicyclic) bond motifs is 1. The quantitative estimate of drug-likeness (QED) is 0.0902. The highest BCUT2D eigenvalue weighted by Crippen LogP contribution is 2.41. The van der Waals surface area contributed by atoms with Gasteiger partial charge in [0.05, 0.1) is 40.3 Å². The summed E-state index contributed by atoms with van der Waals surface area (Å²) in [6, 6.07) is 15.7. The first-order valence-corrected chi connectivity index (χ1v) is 24.7. The molecule has 4 aromatic rings. The van der Waals surface area contributed by atoms with Gasteiger partial charge in [0.2, 0.25) is 5.91 Å². The molecule has 0 radical (unpaired) electrons. The first kappa shape index (κ1) is 46.7. The molecule has 2 aromatic carbocycles. The van der Waals surface area contributed by atoms with Crippen molar-refractivity contribution < 1.29 is 28.3 Å². The summed E-state index contributed by atoms with van der Waals surface area (Å²) in [5, 5.41) is 17.4. The van der Waals surface area contributed by atoms with E-state index in [0.717, 1.165) is 25.0 Å². The summed E-state index contributed by atoms with van der Waals surface area (Å²) < 4.78 is 13.9. The van der Waals surface area contributed by atoms with Crippen LogP contribution in [0.3, 0.4) is 0 Å². The maximum atomic E-state index is 13.6. The Morgan fingerprint density at radius 2 is 1.56 bits per heavy atom. The number of carbonyl (C=O) groups excluding carboxylic acids is 4. The molecule has 6 rings (SSSR count). The van der Waals surface area contributed by atoms with Gasteiger partial charge in [0, 0.05) is 55.5 Å². The number of nitrogens with one attached hydrogen (secondary N) is 4. The average molecular weight is 906 g/mol. The Bertz CT molecular complexity index is 2290. The fourth-order valence-corrected chi connectivity index (χ4v) is 8.61. The van der Waals surface area contributed by atoms with E-state index in [-0.39, 0.29) is 51.0 Å². The van der Waals surface area contributed by atoms with E-state index < -0.39 is 31.8 Å². The molecule has 62 heavy (non-hydrogen) atoms. The fraction of sp³-hybridized carbons (Fsp3) is 0.467. The molecule has 0 bridgehead atoms. The number of nitrogens with zero attached hydrogens (tertiary/aromatic N) is 4. The summed E-state index contributed by atoms with van der Waals surface area (Å²) in [7, 11) is -2.04. The molecule has 1 saturated heterocycles. The third-order valence-corrected chi connectivity index (χ3v) is 16.8. The van der Waals surface area contributed by atoms with Crippen LogP contribution in [0.5, 0.6) is 0 Å². The third kappa shape index (κ3) is 11.6. The summed E-state index contributed by atoms with van der Waals surface area (Å²) in [4.78, 5) is 57.9. The first-order chi connectivity index (χ1) is 29.2. The van der Waals surface area contributed by atoms with Crippen molar-refractivity contribution in [2.45, 2.75) is 116 Å². The maximum absolute atomic E-state index is 13.6. The minimum Gasteiger partial charge on any atom is -0.444 e. The lowest BCUT2D eigenvalue weighted by Crippen LogP contribution is -2.44. The Morgan fingerprint density at radius 1 is 0.919 bits per heavy atom. The SMILES string of the molecule is CC(C)(C)OC(=O)N(CCO[Si](C)(C)C(C)(C)C)Cc1ccc(C(=O)Nc2cccc(-c3cccc(NC(=O)c4cc5n(n4)CCC[C@@H]5NC[C@@H]4CCC(=O)N4)c3Cl)c2Cl)nc1. The van der Waals surface area contributed by atoms with Gasteiger partial charge in [-0.15, -0.1) is 0 Å². The van der Waals surface area contributed by atoms with E-state index in [1.165, 1.54) is 0 Å². The molecule has 2 aliphatic heterocycles. The lowest BCUT2D eigenvalue weighted by Gasteiger charge is -2.37. The van der Waals surface area contributed by atoms with Gasteiger partial charge >= 0.3 is 6.09 Å². The van der Waals surface area contributed by atoms with Crippen molar-refractivity contribution in [3.63, 3.8) is 0 Å². The van der Waals surface area contributed by atoms with Crippen LogP contribution in [0.1, 0.15) is 106 Å². The van der Waals surface area contributed by atoms with Crippen molar-refractivity contribution in [2.75, 3.05) is 30.3 Å². The fourth-order valence-electron chi connectivity index (χ4n) is 7.02. The number of hydrogen-bond acceptors (Lipinski definition) is 9. The molecule has 2 aromatic heterocycles. The van der Waals surface area contributed by atoms with Crippen LogP contribution in [0.2, 0.25) is 28.2 Å². The van der Waals surface area contributed by atoms with Crippen LogP contribution < -0.4 is 21.3 Å². The molecule has 14 nitrogen and oxygen atoms in total. The van der Waals surface area contributed by atoms with Gasteiger partial charge in [-0.1, -0.05) is 74.3 Å². The zero-order chi connectivity index (χ0) is 45.0. The predicted octanol–water partition coefficient (Wildman–Crippen LogP) is 9.22. The van der Waals surface area contributed by atoms with Crippen LogP contribution >= 0.6 is 23.2 Å². The van der Waals surface area contributed by atoms with Gasteiger partial charge in [-0.25, -0.2) is 4.79 Å². The van der Waals surface area contributed by atoms with Crippen LogP contribution in [-0.2, 0) is 27.0 Å². The van der Waals surface area contributed by atoms with Crippen LogP contribution in [0, 0.1) is 0 Å². The molecule has 0 aliphatic carbocycles. The van der Waals surface area contributed by atoms with Gasteiger partial charge in [0.1, 0.15) is 11.3 Å². The lowest BCUT2D eigenvalue weighted by molar-refractivity contribution is -0.119. The van der Waals surface area contributed by atoms with Crippen LogP contribution in [0.25, 0.3) is 11.1 Å². The Kier molecular flexibility index (Phi) is 14.5. The molecular formula is C45H58Cl2N8O6Si. The zero-order valence-electron chi connectivity index (χ0n) is 36.8. The van der Waals surface area contributed by atoms with Crippen molar-refractivity contribution in [1.82, 2.24) is 30.3 Å². The Hall–Kier alpha value is -4.80. The van der Waals surface area contributed by atoms with Crippen molar-refractivity contribution in [2.24, 2.45) is 0 Å². The van der Waals surface area contributed by atoms with E-state index in [9.17, 15) is 19.2 Å². The number of aryl methyl sites for hydroxylation is 1. The molecule has 2 atom stereocenters. The van der Waals surface area contributed by atoms with E-state index >= 15 is 0 Å². The van der Waals surface area contributed by atoms with Gasteiger partial charge in [0.25, 0.3) is 11.8 Å². The summed E-state index contributed by atoms with van der Waals surface area (Å²) in [5.41, 5.74) is 3.16. The molecular weight excluding hydrogens is 848 g/mol. The standard InChI is InChI=1S/C45H58Cl2N8O6Si/c1-44(2,3)61-43(59)54(22-23-60-62(7,8)45(4,5)6)27-28-17-19-35(48-25-28)41(57)51-33-14-9-12-30(39(33)46)31-13-10-15-34(40(31)47)52-42(58)36-24-37-32(16-11-21-55(37)53-36)49-26-29-18-20-38(56)50-29/h9-10,12-15,17,19,24-25,29,32,49H,11,16,18,20-23,26-27H2,1-8H3,(H,50,56)(H,51,57)(H,52,58)/t29-,32-/m0/s1. The predicted molar refractivity (Wildman–Crippen MR) is 245 cm³/mol. The number of aromatic nitrogens is 3. The van der Waals surface area contributed by atoms with Crippen LogP contribution in [0.4, 0.5) is 16.2 Å². The van der Waals surface area contributed by atoms with Crippen molar-refractivity contribution in [1.29, 1.82) is 0 Å². The third-order valence-electron chi connectivity index (χ3n) is 11.5. The number of benzene rings is 2. The maximum Gasteiger partial charge on any atom is 0.410 e. The minimum atomic E-state index is -2.04. The van der Waals surface area contributed by atoms with E-state index in [4.69, 9.17) is 32.4 Å². The second kappa shape index (κ2) is 19.3. The van der Waals surface area contributed by atoms with Gasteiger partial charge in [-0.3, -0.25) is 24.0 Å². The molecule has 4 heterocycles. The number of rotatable bonds is 14. The Labute approximate surface area is 374 Å². The largest absolute Gasteiger partial charge is 0.444 e. The molecule has 4 amide bonds. The lowest BCUT2D eigenvalue weighted by atomic mass is 10.0. The minimum absolute atomic E-state index is 0.0115. The smallest absolute Gasteiger partial charge is 0.410 e. The molecule has 0 saturated carbocycles. The molecule has 4 N–H and O–H groups in total. The monoisotopic (exact) mass is 904 g/mol. The highest BCUT2D eigenvalue weighted by Gasteiger charge is 2.37. The van der Waals surface area contributed by atoms with Gasteiger partial charge in [0.15, 0.2) is 14.0 Å². The summed E-state index contributed by atoms with van der Waals surface area (Å²) >= 11 is 13.9. The molecule has 0 unspecified atom stereocenters. The van der Waals surface area contributed by atoms with E-state index in [2.05, 4.69) is 65.2 Å². The van der Waals surface area contributed by atoms with E-state index in [0.29, 0.717) is 60.7 Å².